The van der Waals surface area contributed by atoms with E-state index in [2.05, 4.69) is 34.1 Å². The van der Waals surface area contributed by atoms with Gasteiger partial charge in [-0.15, -0.1) is 11.7 Å². The number of benzene rings is 2. The molecule has 36 heavy (non-hydrogen) atoms. The summed E-state index contributed by atoms with van der Waals surface area (Å²) in [4.78, 5) is 30.6. The van der Waals surface area contributed by atoms with Crippen molar-refractivity contribution in [3.8, 4) is 22.5 Å². The molecule has 5 rings (SSSR count). The van der Waals surface area contributed by atoms with E-state index in [1.54, 1.807) is 6.08 Å². The molecule has 0 amide bonds. The smallest absolute Gasteiger partial charge is 0.318 e. The van der Waals surface area contributed by atoms with Gasteiger partial charge in [-0.3, -0.25) is 13.9 Å². The van der Waals surface area contributed by atoms with Gasteiger partial charge in [0.25, 0.3) is 5.56 Å². The Bertz CT molecular complexity index is 1660. The van der Waals surface area contributed by atoms with Crippen LogP contribution in [0.15, 0.2) is 70.8 Å². The Morgan fingerprint density at radius 3 is 2.44 bits per heavy atom. The van der Waals surface area contributed by atoms with Crippen LogP contribution in [-0.2, 0) is 26.6 Å². The summed E-state index contributed by atoms with van der Waals surface area (Å²) in [5.74, 6) is 1.38. The first-order chi connectivity index (χ1) is 17.5. The minimum absolute atomic E-state index is 0.279. The van der Waals surface area contributed by atoms with Crippen molar-refractivity contribution < 1.29 is 0 Å². The predicted octanol–water partition coefficient (Wildman–Crippen LogP) is 2.93. The van der Waals surface area contributed by atoms with Crippen molar-refractivity contribution in [2.75, 3.05) is 0 Å². The summed E-state index contributed by atoms with van der Waals surface area (Å²) in [6.45, 7) is 6.55. The molecule has 5 aromatic rings. The molecule has 0 spiro atoms. The van der Waals surface area contributed by atoms with Crippen molar-refractivity contribution in [1.82, 2.24) is 39.3 Å². The van der Waals surface area contributed by atoms with E-state index in [1.165, 1.54) is 11.6 Å². The molecular formula is C26H26N8O2. The molecule has 0 saturated heterocycles. The Labute approximate surface area is 206 Å². The number of imidazole rings is 1. The first-order valence-electron chi connectivity index (χ1n) is 11.8. The van der Waals surface area contributed by atoms with Gasteiger partial charge < -0.3 is 4.57 Å². The second-order valence-corrected chi connectivity index (χ2v) is 8.57. The van der Waals surface area contributed by atoms with Crippen LogP contribution in [0, 0.1) is 0 Å². The van der Waals surface area contributed by atoms with E-state index < -0.39 is 5.69 Å². The van der Waals surface area contributed by atoms with Crippen LogP contribution in [0.1, 0.15) is 24.7 Å². The molecule has 0 saturated carbocycles. The minimum Gasteiger partial charge on any atom is -0.318 e. The number of nitrogens with one attached hydrogen (secondary N) is 1. The Hall–Kier alpha value is -4.60. The van der Waals surface area contributed by atoms with E-state index in [-0.39, 0.29) is 12.1 Å². The highest BCUT2D eigenvalue weighted by molar-refractivity contribution is 5.80. The molecule has 0 unspecified atom stereocenters. The van der Waals surface area contributed by atoms with Crippen molar-refractivity contribution in [2.45, 2.75) is 32.9 Å². The van der Waals surface area contributed by atoms with Crippen LogP contribution in [0.3, 0.4) is 0 Å². The zero-order valence-corrected chi connectivity index (χ0v) is 20.2. The van der Waals surface area contributed by atoms with Crippen LogP contribution in [0.5, 0.6) is 0 Å². The van der Waals surface area contributed by atoms with E-state index in [9.17, 15) is 9.59 Å². The van der Waals surface area contributed by atoms with Crippen molar-refractivity contribution in [2.24, 2.45) is 7.05 Å². The second-order valence-electron chi connectivity index (χ2n) is 8.57. The van der Waals surface area contributed by atoms with Crippen LogP contribution in [-0.4, -0.2) is 39.3 Å². The van der Waals surface area contributed by atoms with Crippen molar-refractivity contribution in [3.63, 3.8) is 0 Å². The number of nitrogens with zero attached hydrogens (tertiary/aromatic N) is 7. The summed E-state index contributed by atoms with van der Waals surface area (Å²) in [6, 6.07) is 16.1. The van der Waals surface area contributed by atoms with Crippen LogP contribution in [0.4, 0.5) is 0 Å². The lowest BCUT2D eigenvalue weighted by molar-refractivity contribution is 0.673. The van der Waals surface area contributed by atoms with E-state index >= 15 is 0 Å². The average molecular weight is 483 g/mol. The van der Waals surface area contributed by atoms with Gasteiger partial charge in [-0.2, -0.15) is 0 Å². The topological polar surface area (TPSA) is 116 Å². The third kappa shape index (κ3) is 3.96. The van der Waals surface area contributed by atoms with Gasteiger partial charge in [0.05, 0.1) is 0 Å². The van der Waals surface area contributed by atoms with Gasteiger partial charge in [0.2, 0.25) is 0 Å². The molecule has 0 aliphatic heterocycles. The summed E-state index contributed by atoms with van der Waals surface area (Å²) in [6.07, 6.45) is 3.19. The number of H-pyrrole nitrogens is 1. The number of allylic oxidation sites excluding steroid dienone is 1. The molecule has 182 valence electrons. The summed E-state index contributed by atoms with van der Waals surface area (Å²) < 4.78 is 4.57. The number of aryl methyl sites for hydroxylation is 1. The van der Waals surface area contributed by atoms with Gasteiger partial charge in [-0.1, -0.05) is 61.5 Å². The number of fused-ring (bicyclic) bond motifs is 1. The van der Waals surface area contributed by atoms with Gasteiger partial charge in [0.15, 0.2) is 17.0 Å². The van der Waals surface area contributed by atoms with Gasteiger partial charge in [-0.05, 0) is 33.5 Å². The zero-order chi connectivity index (χ0) is 25.2. The SMILES string of the molecule is C=CCn1c(=O)n(C)c(=O)c2c1nc(CCC)n2Cc1ccc(-c2ccccc2-c2nnn[nH]2)cc1. The molecule has 0 aliphatic rings. The number of aromatic amines is 1. The highest BCUT2D eigenvalue weighted by Gasteiger charge is 2.20. The number of rotatable bonds is 8. The minimum atomic E-state index is -0.398. The maximum Gasteiger partial charge on any atom is 0.332 e. The van der Waals surface area contributed by atoms with Crippen LogP contribution >= 0.6 is 0 Å². The Morgan fingerprint density at radius 1 is 1.03 bits per heavy atom. The molecule has 3 heterocycles. The van der Waals surface area contributed by atoms with Crippen LogP contribution in [0.25, 0.3) is 33.7 Å². The third-order valence-corrected chi connectivity index (χ3v) is 6.23. The fourth-order valence-electron chi connectivity index (χ4n) is 4.47. The molecule has 0 aliphatic carbocycles. The maximum atomic E-state index is 13.2. The van der Waals surface area contributed by atoms with E-state index in [0.29, 0.717) is 30.0 Å². The van der Waals surface area contributed by atoms with Gasteiger partial charge >= 0.3 is 5.69 Å². The summed E-state index contributed by atoms with van der Waals surface area (Å²) in [5.41, 5.74) is 4.02. The molecule has 10 nitrogen and oxygen atoms in total. The normalized spacial score (nSPS) is 11.3. The molecule has 0 bridgehead atoms. The largest absolute Gasteiger partial charge is 0.332 e. The van der Waals surface area contributed by atoms with Gasteiger partial charge in [0.1, 0.15) is 5.82 Å². The van der Waals surface area contributed by atoms with Crippen molar-refractivity contribution >= 4 is 11.2 Å². The fourth-order valence-corrected chi connectivity index (χ4v) is 4.47. The molecule has 0 atom stereocenters. The molecule has 3 aromatic heterocycles. The van der Waals surface area contributed by atoms with Crippen molar-refractivity contribution in [3.05, 3.63) is 93.4 Å². The van der Waals surface area contributed by atoms with Gasteiger partial charge in [-0.25, -0.2) is 14.9 Å². The summed E-state index contributed by atoms with van der Waals surface area (Å²) in [7, 11) is 1.50. The third-order valence-electron chi connectivity index (χ3n) is 6.23. The average Bonchev–Trinajstić information content (AvgIpc) is 3.55. The van der Waals surface area contributed by atoms with Crippen LogP contribution in [0.2, 0.25) is 0 Å². The monoisotopic (exact) mass is 482 g/mol. The lowest BCUT2D eigenvalue weighted by Crippen LogP contribution is -2.38. The standard InChI is InChI=1S/C26H26N8O2/c1-4-8-21-27-24-22(25(35)32(3)26(36)33(24)15-5-2)34(21)16-17-11-13-18(14-12-17)19-9-6-7-10-20(19)23-28-30-31-29-23/h5-7,9-14H,2,4,8,15-16H2,1,3H3,(H,28,29,30,31). The van der Waals surface area contributed by atoms with Gasteiger partial charge in [0, 0.05) is 32.1 Å². The first-order valence-corrected chi connectivity index (χ1v) is 11.8. The predicted molar refractivity (Wildman–Crippen MR) is 138 cm³/mol. The lowest BCUT2D eigenvalue weighted by atomic mass is 9.98. The molecule has 2 aromatic carbocycles. The Morgan fingerprint density at radius 2 is 1.78 bits per heavy atom. The lowest BCUT2D eigenvalue weighted by Gasteiger charge is -2.12. The highest BCUT2D eigenvalue weighted by atomic mass is 16.2. The summed E-state index contributed by atoms with van der Waals surface area (Å²) >= 11 is 0. The van der Waals surface area contributed by atoms with Crippen LogP contribution < -0.4 is 11.2 Å². The zero-order valence-electron chi connectivity index (χ0n) is 20.2. The number of tetrazole rings is 1. The molecule has 0 fully saturated rings. The van der Waals surface area contributed by atoms with E-state index in [0.717, 1.165) is 39.1 Å². The van der Waals surface area contributed by atoms with Crippen molar-refractivity contribution in [1.29, 1.82) is 0 Å². The number of hydrogen-bond acceptors (Lipinski definition) is 6. The van der Waals surface area contributed by atoms with E-state index in [1.807, 2.05) is 53.1 Å². The molecule has 1 N–H and O–H groups in total. The Balaban J connectivity index is 1.58. The second kappa shape index (κ2) is 9.57. The Kier molecular flexibility index (Phi) is 6.16. The maximum absolute atomic E-state index is 13.2. The highest BCUT2D eigenvalue weighted by Crippen LogP contribution is 2.30. The number of aromatic nitrogens is 8. The molecule has 10 heteroatoms. The molecule has 0 radical (unpaired) electrons. The van der Waals surface area contributed by atoms with E-state index in [4.69, 9.17) is 4.98 Å². The first kappa shape index (κ1) is 23.2. The fraction of sp³-hybridized carbons (Fsp3) is 0.231. The molecular weight excluding hydrogens is 456 g/mol. The summed E-state index contributed by atoms with van der Waals surface area (Å²) in [5, 5.41) is 14.3. The quantitative estimate of drug-likeness (QED) is 0.340. The number of hydrogen-bond donors (Lipinski definition) is 1.